The maximum absolute atomic E-state index is 11.2. The van der Waals surface area contributed by atoms with Crippen LogP contribution in [0.2, 0.25) is 0 Å². The molecule has 4 nitrogen and oxygen atoms in total. The quantitative estimate of drug-likeness (QED) is 0.483. The SMILES string of the molecule is C=CC(O[C]=O)C(=O)OC(C)(C)C. The van der Waals surface area contributed by atoms with Crippen LogP contribution in [0.3, 0.4) is 0 Å². The summed E-state index contributed by atoms with van der Waals surface area (Å²) in [5.41, 5.74) is -0.607. The van der Waals surface area contributed by atoms with E-state index in [9.17, 15) is 9.59 Å². The van der Waals surface area contributed by atoms with Crippen LogP contribution in [0.25, 0.3) is 0 Å². The van der Waals surface area contributed by atoms with Gasteiger partial charge in [-0.05, 0) is 26.8 Å². The van der Waals surface area contributed by atoms with Gasteiger partial charge in [-0.25, -0.2) is 9.59 Å². The first-order valence-electron chi connectivity index (χ1n) is 3.79. The average Bonchev–Trinajstić information content (AvgIpc) is 1.96. The minimum atomic E-state index is -1.07. The lowest BCUT2D eigenvalue weighted by Gasteiger charge is -2.21. The van der Waals surface area contributed by atoms with E-state index in [-0.39, 0.29) is 0 Å². The monoisotopic (exact) mass is 185 g/mol. The standard InChI is InChI=1S/C9H13O4/c1-5-7(12-6-10)8(11)13-9(2,3)4/h5,7H,1H2,2-4H3. The Hall–Kier alpha value is -1.32. The molecule has 0 saturated heterocycles. The number of carbonyl (C=O) groups excluding carboxylic acids is 2. The molecule has 0 aromatic rings. The lowest BCUT2D eigenvalue weighted by molar-refractivity contribution is -0.161. The summed E-state index contributed by atoms with van der Waals surface area (Å²) in [6, 6.07) is 0. The van der Waals surface area contributed by atoms with Gasteiger partial charge < -0.3 is 9.47 Å². The van der Waals surface area contributed by atoms with Gasteiger partial charge in [0.1, 0.15) is 5.60 Å². The van der Waals surface area contributed by atoms with Crippen LogP contribution in [0.4, 0.5) is 0 Å². The average molecular weight is 185 g/mol. The summed E-state index contributed by atoms with van der Waals surface area (Å²) < 4.78 is 9.23. The Morgan fingerprint density at radius 1 is 1.54 bits per heavy atom. The molecule has 73 valence electrons. The summed E-state index contributed by atoms with van der Waals surface area (Å²) in [6.07, 6.45) is 0.107. The van der Waals surface area contributed by atoms with Crippen molar-refractivity contribution in [1.29, 1.82) is 0 Å². The van der Waals surface area contributed by atoms with Gasteiger partial charge in [-0.15, -0.1) is 0 Å². The van der Waals surface area contributed by atoms with Crippen molar-refractivity contribution in [2.24, 2.45) is 0 Å². The van der Waals surface area contributed by atoms with Crippen molar-refractivity contribution in [3.05, 3.63) is 12.7 Å². The molecule has 0 aromatic heterocycles. The van der Waals surface area contributed by atoms with Gasteiger partial charge in [0.25, 0.3) is 0 Å². The van der Waals surface area contributed by atoms with E-state index < -0.39 is 17.7 Å². The summed E-state index contributed by atoms with van der Waals surface area (Å²) in [5.74, 6) is -0.647. The van der Waals surface area contributed by atoms with Gasteiger partial charge in [-0.1, -0.05) is 6.58 Å². The van der Waals surface area contributed by atoms with E-state index in [4.69, 9.17) is 4.74 Å². The third kappa shape index (κ3) is 5.00. The molecule has 0 aliphatic rings. The van der Waals surface area contributed by atoms with Crippen molar-refractivity contribution in [2.45, 2.75) is 32.5 Å². The van der Waals surface area contributed by atoms with Crippen molar-refractivity contribution in [3.8, 4) is 0 Å². The van der Waals surface area contributed by atoms with Crippen LogP contribution in [0.1, 0.15) is 20.8 Å². The molecule has 0 aromatic carbocycles. The molecule has 0 fully saturated rings. The number of esters is 1. The van der Waals surface area contributed by atoms with Gasteiger partial charge in [0.15, 0.2) is 0 Å². The molecule has 0 rings (SSSR count). The molecule has 0 bridgehead atoms. The highest BCUT2D eigenvalue weighted by Crippen LogP contribution is 2.09. The van der Waals surface area contributed by atoms with Crippen LogP contribution < -0.4 is 0 Å². The van der Waals surface area contributed by atoms with Gasteiger partial charge in [0.2, 0.25) is 6.10 Å². The number of carbonyl (C=O) groups is 1. The highest BCUT2D eigenvalue weighted by Gasteiger charge is 2.23. The second kappa shape index (κ2) is 4.64. The number of rotatable bonds is 4. The van der Waals surface area contributed by atoms with E-state index >= 15 is 0 Å². The van der Waals surface area contributed by atoms with Crippen molar-refractivity contribution >= 4 is 12.4 Å². The largest absolute Gasteiger partial charge is 0.457 e. The molecule has 0 N–H and O–H groups in total. The zero-order chi connectivity index (χ0) is 10.5. The first kappa shape index (κ1) is 11.7. The van der Waals surface area contributed by atoms with Crippen LogP contribution in [0.15, 0.2) is 12.7 Å². The number of hydrogen-bond donors (Lipinski definition) is 0. The van der Waals surface area contributed by atoms with Crippen LogP contribution in [0, 0.1) is 0 Å². The molecule has 1 atom stereocenters. The van der Waals surface area contributed by atoms with Crippen LogP contribution in [-0.4, -0.2) is 24.1 Å². The van der Waals surface area contributed by atoms with Crippen LogP contribution >= 0.6 is 0 Å². The van der Waals surface area contributed by atoms with E-state index in [1.807, 2.05) is 0 Å². The molecule has 0 amide bonds. The van der Waals surface area contributed by atoms with Crippen molar-refractivity contribution in [1.82, 2.24) is 0 Å². The lowest BCUT2D eigenvalue weighted by atomic mass is 10.2. The van der Waals surface area contributed by atoms with Gasteiger partial charge in [-0.2, -0.15) is 0 Å². The van der Waals surface area contributed by atoms with Crippen LogP contribution in [-0.2, 0) is 19.1 Å². The summed E-state index contributed by atoms with van der Waals surface area (Å²) in [7, 11) is 0. The van der Waals surface area contributed by atoms with E-state index in [0.29, 0.717) is 0 Å². The molecule has 4 heteroatoms. The fourth-order valence-electron chi connectivity index (χ4n) is 0.604. The lowest BCUT2D eigenvalue weighted by Crippen LogP contribution is -2.32. The Kier molecular flexibility index (Phi) is 4.17. The molecule has 1 unspecified atom stereocenters. The summed E-state index contributed by atoms with van der Waals surface area (Å²) >= 11 is 0. The Bertz CT molecular complexity index is 202. The fourth-order valence-corrected chi connectivity index (χ4v) is 0.604. The highest BCUT2D eigenvalue weighted by molar-refractivity contribution is 5.78. The molecule has 0 spiro atoms. The van der Waals surface area contributed by atoms with E-state index in [2.05, 4.69) is 11.3 Å². The van der Waals surface area contributed by atoms with Gasteiger partial charge in [0, 0.05) is 0 Å². The number of ether oxygens (including phenoxy) is 2. The van der Waals surface area contributed by atoms with E-state index in [1.165, 1.54) is 6.08 Å². The van der Waals surface area contributed by atoms with Crippen molar-refractivity contribution in [2.75, 3.05) is 0 Å². The molecule has 0 heterocycles. The molecule has 0 aliphatic heterocycles. The Morgan fingerprint density at radius 2 is 2.08 bits per heavy atom. The summed E-state index contributed by atoms with van der Waals surface area (Å²) in [4.78, 5) is 21.0. The normalized spacial score (nSPS) is 12.8. The highest BCUT2D eigenvalue weighted by atomic mass is 16.6. The molecule has 13 heavy (non-hydrogen) atoms. The fraction of sp³-hybridized carbons (Fsp3) is 0.556. The third-order valence-electron chi connectivity index (χ3n) is 1.03. The van der Waals surface area contributed by atoms with E-state index in [1.54, 1.807) is 20.8 Å². The minimum absolute atomic E-state index is 0.607. The smallest absolute Gasteiger partial charge is 0.418 e. The Morgan fingerprint density at radius 3 is 2.38 bits per heavy atom. The molecule has 0 saturated carbocycles. The van der Waals surface area contributed by atoms with E-state index in [0.717, 1.165) is 6.47 Å². The number of hydrogen-bond acceptors (Lipinski definition) is 4. The predicted molar refractivity (Wildman–Crippen MR) is 46.6 cm³/mol. The maximum Gasteiger partial charge on any atom is 0.418 e. The topological polar surface area (TPSA) is 52.6 Å². The molecular weight excluding hydrogens is 172 g/mol. The molecule has 1 radical (unpaired) electrons. The zero-order valence-electron chi connectivity index (χ0n) is 7.99. The summed E-state index contributed by atoms with van der Waals surface area (Å²) in [6.45, 7) is 9.64. The van der Waals surface area contributed by atoms with Crippen LogP contribution in [0.5, 0.6) is 0 Å². The zero-order valence-corrected chi connectivity index (χ0v) is 7.99. The predicted octanol–water partition coefficient (Wildman–Crippen LogP) is 0.966. The van der Waals surface area contributed by atoms with Gasteiger partial charge >= 0.3 is 12.4 Å². The Labute approximate surface area is 77.5 Å². The van der Waals surface area contributed by atoms with Crippen molar-refractivity contribution in [3.63, 3.8) is 0 Å². The first-order valence-corrected chi connectivity index (χ1v) is 3.79. The molecule has 0 aliphatic carbocycles. The van der Waals surface area contributed by atoms with Gasteiger partial charge in [0.05, 0.1) is 0 Å². The first-order chi connectivity index (χ1) is 5.90. The minimum Gasteiger partial charge on any atom is -0.457 e. The van der Waals surface area contributed by atoms with Crippen molar-refractivity contribution < 1.29 is 19.1 Å². The maximum atomic E-state index is 11.2. The Balaban J connectivity index is 4.22. The second-order valence-electron chi connectivity index (χ2n) is 3.39. The van der Waals surface area contributed by atoms with Gasteiger partial charge in [-0.3, -0.25) is 0 Å². The third-order valence-corrected chi connectivity index (χ3v) is 1.03. The molecular formula is C9H13O4. The second-order valence-corrected chi connectivity index (χ2v) is 3.39. The summed E-state index contributed by atoms with van der Waals surface area (Å²) in [5, 5.41) is 0.